The minimum atomic E-state index is -3.46. The van der Waals surface area contributed by atoms with Crippen LogP contribution in [-0.2, 0) is 21.3 Å². The maximum Gasteiger partial charge on any atom is 0.211 e. The van der Waals surface area contributed by atoms with Crippen molar-refractivity contribution in [2.45, 2.75) is 75.7 Å². The van der Waals surface area contributed by atoms with E-state index in [0.29, 0.717) is 25.1 Å². The summed E-state index contributed by atoms with van der Waals surface area (Å²) in [5.41, 5.74) is 1.47. The van der Waals surface area contributed by atoms with Gasteiger partial charge in [0.2, 0.25) is 10.0 Å². The molecule has 1 aliphatic carbocycles. The van der Waals surface area contributed by atoms with Crippen LogP contribution in [0.5, 0.6) is 11.5 Å². The van der Waals surface area contributed by atoms with Crippen molar-refractivity contribution in [2.24, 2.45) is 0 Å². The number of hydrogen-bond donors (Lipinski definition) is 2. The molecule has 0 radical (unpaired) electrons. The predicted molar refractivity (Wildman–Crippen MR) is 137 cm³/mol. The van der Waals surface area contributed by atoms with Gasteiger partial charge in [0.1, 0.15) is 5.75 Å². The number of nitrogens with one attached hydrogen (secondary N) is 1. The first-order valence-corrected chi connectivity index (χ1v) is 14.4. The van der Waals surface area contributed by atoms with Crippen LogP contribution in [0.4, 0.5) is 4.39 Å². The average molecular weight is 521 g/mol. The van der Waals surface area contributed by atoms with Crippen LogP contribution in [0.3, 0.4) is 0 Å². The third kappa shape index (κ3) is 6.37. The number of benzene rings is 2. The lowest BCUT2D eigenvalue weighted by Crippen LogP contribution is -2.48. The molecule has 0 aromatic heterocycles. The van der Waals surface area contributed by atoms with Gasteiger partial charge in [-0.1, -0.05) is 24.3 Å². The second kappa shape index (κ2) is 11.5. The molecule has 2 aromatic rings. The molecular formula is C27H37FN2O5S. The SMILES string of the molecule is COc1ccc(CN([C@H]2C[C@@H](C)N[C@H]2COC2CCC(c3cccc(O)c3F)CC2)S(C)(=O)=O)cc1. The van der Waals surface area contributed by atoms with Gasteiger partial charge in [0.25, 0.3) is 0 Å². The predicted octanol–water partition coefficient (Wildman–Crippen LogP) is 4.16. The second-order valence-electron chi connectivity index (χ2n) is 10.1. The van der Waals surface area contributed by atoms with Crippen molar-refractivity contribution in [3.8, 4) is 11.5 Å². The van der Waals surface area contributed by atoms with E-state index in [4.69, 9.17) is 9.47 Å². The summed E-state index contributed by atoms with van der Waals surface area (Å²) in [6.45, 7) is 2.77. The molecule has 2 N–H and O–H groups in total. The van der Waals surface area contributed by atoms with Gasteiger partial charge in [0, 0.05) is 24.7 Å². The Bertz CT molecular complexity index is 1120. The Morgan fingerprint density at radius 2 is 1.81 bits per heavy atom. The molecule has 0 bridgehead atoms. The van der Waals surface area contributed by atoms with Crippen molar-refractivity contribution in [3.63, 3.8) is 0 Å². The normalized spacial score (nSPS) is 26.9. The summed E-state index contributed by atoms with van der Waals surface area (Å²) in [6.07, 6.45) is 5.20. The first kappa shape index (κ1) is 26.9. The minimum absolute atomic E-state index is 0.0493. The highest BCUT2D eigenvalue weighted by molar-refractivity contribution is 7.88. The molecule has 198 valence electrons. The van der Waals surface area contributed by atoms with Gasteiger partial charge in [-0.05, 0) is 74.3 Å². The fraction of sp³-hybridized carbons (Fsp3) is 0.556. The van der Waals surface area contributed by atoms with Crippen LogP contribution < -0.4 is 10.1 Å². The number of nitrogens with zero attached hydrogens (tertiary/aromatic N) is 1. The summed E-state index contributed by atoms with van der Waals surface area (Å²) < 4.78 is 53.0. The van der Waals surface area contributed by atoms with E-state index < -0.39 is 15.8 Å². The molecule has 2 fully saturated rings. The highest BCUT2D eigenvalue weighted by Gasteiger charge is 2.40. The van der Waals surface area contributed by atoms with Crippen LogP contribution in [0.2, 0.25) is 0 Å². The van der Waals surface area contributed by atoms with E-state index >= 15 is 0 Å². The lowest BCUT2D eigenvalue weighted by molar-refractivity contribution is 0.00755. The molecule has 3 atom stereocenters. The highest BCUT2D eigenvalue weighted by atomic mass is 32.2. The Kier molecular flexibility index (Phi) is 8.55. The van der Waals surface area contributed by atoms with Crippen LogP contribution in [-0.4, -0.2) is 62.0 Å². The Morgan fingerprint density at radius 1 is 1.11 bits per heavy atom. The van der Waals surface area contributed by atoms with Crippen molar-refractivity contribution in [3.05, 3.63) is 59.4 Å². The smallest absolute Gasteiger partial charge is 0.211 e. The standard InChI is InChI=1S/C27H37FN2O5S/c1-18-15-25(30(36(3,32)33)16-19-7-11-21(34-2)12-8-19)24(29-18)17-35-22-13-9-20(10-14-22)23-5-4-6-26(31)27(23)28/h4-8,11-12,18,20,22,24-25,29,31H,9-10,13-17H2,1-3H3/t18-,20?,22?,24+,25+/m1/s1. The quantitative estimate of drug-likeness (QED) is 0.516. The van der Waals surface area contributed by atoms with E-state index in [1.165, 1.54) is 12.3 Å². The average Bonchev–Trinajstić information content (AvgIpc) is 3.22. The molecule has 1 saturated carbocycles. The zero-order chi connectivity index (χ0) is 25.9. The third-order valence-electron chi connectivity index (χ3n) is 7.49. The summed E-state index contributed by atoms with van der Waals surface area (Å²) in [7, 11) is -1.85. The van der Waals surface area contributed by atoms with Gasteiger partial charge >= 0.3 is 0 Å². The fourth-order valence-electron chi connectivity index (χ4n) is 5.57. The number of halogens is 1. The van der Waals surface area contributed by atoms with Gasteiger partial charge in [-0.3, -0.25) is 0 Å². The molecular weight excluding hydrogens is 483 g/mol. The molecule has 1 aliphatic heterocycles. The zero-order valence-corrected chi connectivity index (χ0v) is 22.0. The molecule has 0 amide bonds. The number of sulfonamides is 1. The first-order chi connectivity index (χ1) is 17.2. The van der Waals surface area contributed by atoms with E-state index in [1.54, 1.807) is 23.5 Å². The van der Waals surface area contributed by atoms with Gasteiger partial charge < -0.3 is 19.9 Å². The topological polar surface area (TPSA) is 88.1 Å². The second-order valence-corrected chi connectivity index (χ2v) is 12.1. The molecule has 7 nitrogen and oxygen atoms in total. The van der Waals surface area contributed by atoms with Crippen molar-refractivity contribution in [1.29, 1.82) is 0 Å². The van der Waals surface area contributed by atoms with Gasteiger partial charge in [0.15, 0.2) is 11.6 Å². The van der Waals surface area contributed by atoms with Gasteiger partial charge in [-0.15, -0.1) is 0 Å². The Balaban J connectivity index is 1.37. The largest absolute Gasteiger partial charge is 0.505 e. The van der Waals surface area contributed by atoms with Crippen molar-refractivity contribution in [2.75, 3.05) is 20.0 Å². The van der Waals surface area contributed by atoms with E-state index in [1.807, 2.05) is 24.3 Å². The van der Waals surface area contributed by atoms with E-state index in [2.05, 4.69) is 12.2 Å². The number of aromatic hydroxyl groups is 1. The van der Waals surface area contributed by atoms with Crippen molar-refractivity contribution in [1.82, 2.24) is 9.62 Å². The number of phenolic OH excluding ortho intramolecular Hbond substituents is 1. The monoisotopic (exact) mass is 520 g/mol. The number of hydrogen-bond acceptors (Lipinski definition) is 6. The van der Waals surface area contributed by atoms with Crippen LogP contribution in [0.15, 0.2) is 42.5 Å². The number of methoxy groups -OCH3 is 1. The van der Waals surface area contributed by atoms with Crippen LogP contribution in [0.25, 0.3) is 0 Å². The van der Waals surface area contributed by atoms with Gasteiger partial charge in [-0.2, -0.15) is 4.31 Å². The molecule has 36 heavy (non-hydrogen) atoms. The lowest BCUT2D eigenvalue weighted by Gasteiger charge is -2.33. The van der Waals surface area contributed by atoms with Crippen molar-refractivity contribution < 1.29 is 27.4 Å². The summed E-state index contributed by atoms with van der Waals surface area (Å²) in [5, 5.41) is 13.2. The maximum atomic E-state index is 14.3. The van der Waals surface area contributed by atoms with Crippen LogP contribution >= 0.6 is 0 Å². The van der Waals surface area contributed by atoms with Crippen molar-refractivity contribution >= 4 is 10.0 Å². The highest BCUT2D eigenvalue weighted by Crippen LogP contribution is 2.37. The van der Waals surface area contributed by atoms with Crippen LogP contribution in [0.1, 0.15) is 56.1 Å². The number of ether oxygens (including phenoxy) is 2. The molecule has 1 heterocycles. The molecule has 9 heteroatoms. The zero-order valence-electron chi connectivity index (χ0n) is 21.2. The molecule has 0 unspecified atom stereocenters. The summed E-state index contributed by atoms with van der Waals surface area (Å²) >= 11 is 0. The van der Waals surface area contributed by atoms with E-state index in [-0.39, 0.29) is 35.9 Å². The molecule has 4 rings (SSSR count). The maximum absolute atomic E-state index is 14.3. The summed E-state index contributed by atoms with van der Waals surface area (Å²) in [6, 6.07) is 12.1. The van der Waals surface area contributed by atoms with Gasteiger partial charge in [-0.25, -0.2) is 12.8 Å². The van der Waals surface area contributed by atoms with Gasteiger partial charge in [0.05, 0.1) is 26.1 Å². The molecule has 1 saturated heterocycles. The molecule has 2 aromatic carbocycles. The first-order valence-electron chi connectivity index (χ1n) is 12.6. The number of phenols is 1. The Hall–Kier alpha value is -2.20. The van der Waals surface area contributed by atoms with Crippen LogP contribution in [0, 0.1) is 5.82 Å². The Morgan fingerprint density at radius 3 is 2.44 bits per heavy atom. The Labute approximate surface area is 213 Å². The van der Waals surface area contributed by atoms with E-state index in [9.17, 15) is 17.9 Å². The summed E-state index contributed by atoms with van der Waals surface area (Å²) in [5.74, 6) is -0.0249. The lowest BCUT2D eigenvalue weighted by atomic mass is 9.82. The summed E-state index contributed by atoms with van der Waals surface area (Å²) in [4.78, 5) is 0. The fourth-order valence-corrected chi connectivity index (χ4v) is 6.68. The third-order valence-corrected chi connectivity index (χ3v) is 8.74. The van der Waals surface area contributed by atoms with E-state index in [0.717, 1.165) is 37.0 Å². The minimum Gasteiger partial charge on any atom is -0.505 e. The molecule has 0 spiro atoms. The molecule has 2 aliphatic rings. The number of rotatable bonds is 9.